The van der Waals surface area contributed by atoms with E-state index in [-0.39, 0.29) is 29.2 Å². The second-order valence-corrected chi connectivity index (χ2v) is 11.0. The first-order valence-corrected chi connectivity index (χ1v) is 11.5. The Hall–Kier alpha value is -1.35. The Labute approximate surface area is 163 Å². The van der Waals surface area contributed by atoms with E-state index in [1.807, 2.05) is 0 Å². The molecule has 2 aliphatic rings. The molecule has 0 spiro atoms. The Bertz CT molecular complexity index is 997. The van der Waals surface area contributed by atoms with Crippen LogP contribution in [0, 0.1) is 11.6 Å². The minimum Gasteiger partial charge on any atom is -0.616 e. The van der Waals surface area contributed by atoms with E-state index >= 15 is 0 Å². The molecule has 2 aromatic rings. The predicted octanol–water partition coefficient (Wildman–Crippen LogP) is 3.59. The first kappa shape index (κ1) is 19.0. The average molecular weight is 433 g/mol. The van der Waals surface area contributed by atoms with Crippen LogP contribution in [0.5, 0.6) is 5.75 Å². The monoisotopic (exact) mass is 432 g/mol. The molecule has 0 saturated carbocycles. The van der Waals surface area contributed by atoms with Crippen molar-refractivity contribution in [1.29, 1.82) is 0 Å². The van der Waals surface area contributed by atoms with Gasteiger partial charge in [0.2, 0.25) is 0 Å². The molecule has 27 heavy (non-hydrogen) atoms. The van der Waals surface area contributed by atoms with Crippen molar-refractivity contribution in [3.63, 3.8) is 0 Å². The van der Waals surface area contributed by atoms with Crippen LogP contribution >= 0.6 is 11.6 Å². The molecule has 2 aromatic carbocycles. The molecule has 0 N–H and O–H groups in total. The largest absolute Gasteiger partial charge is 0.616 e. The number of hydrogen-bond donors (Lipinski definition) is 0. The van der Waals surface area contributed by atoms with Crippen molar-refractivity contribution in [2.75, 3.05) is 12.4 Å². The number of halogens is 3. The number of rotatable bonds is 2. The van der Waals surface area contributed by atoms with Crippen molar-refractivity contribution in [3.05, 3.63) is 58.6 Å². The Morgan fingerprint density at radius 3 is 2.52 bits per heavy atom. The van der Waals surface area contributed by atoms with Crippen LogP contribution in [0.4, 0.5) is 8.78 Å². The summed E-state index contributed by atoms with van der Waals surface area (Å²) in [6.45, 7) is -0.257. The first-order valence-electron chi connectivity index (χ1n) is 8.27. The smallest absolute Gasteiger partial charge is 0.193 e. The molecule has 2 aliphatic heterocycles. The lowest BCUT2D eigenvalue weighted by Gasteiger charge is -2.46. The molecule has 0 aromatic heterocycles. The maximum Gasteiger partial charge on any atom is 0.193 e. The molecule has 0 amide bonds. The van der Waals surface area contributed by atoms with Gasteiger partial charge in [0.1, 0.15) is 18.2 Å². The highest BCUT2D eigenvalue weighted by Gasteiger charge is 2.63. The molecule has 0 aliphatic carbocycles. The van der Waals surface area contributed by atoms with Gasteiger partial charge in [-0.05, 0) is 60.4 Å². The molecular weight excluding hydrogens is 418 g/mol. The minimum atomic E-state index is -4.22. The van der Waals surface area contributed by atoms with Crippen LogP contribution in [-0.2, 0) is 25.8 Å². The second kappa shape index (κ2) is 6.62. The van der Waals surface area contributed by atoms with Crippen LogP contribution in [0.15, 0.2) is 41.3 Å². The summed E-state index contributed by atoms with van der Waals surface area (Å²) < 4.78 is 72.8. The zero-order valence-corrected chi connectivity index (χ0v) is 16.3. The summed E-state index contributed by atoms with van der Waals surface area (Å²) in [6.07, 6.45) is 0.344. The quantitative estimate of drug-likeness (QED) is 0.680. The van der Waals surface area contributed by atoms with Crippen molar-refractivity contribution in [3.8, 4) is 5.75 Å². The van der Waals surface area contributed by atoms with Gasteiger partial charge in [0.15, 0.2) is 31.4 Å². The van der Waals surface area contributed by atoms with Crippen LogP contribution in [-0.4, -0.2) is 30.6 Å². The Morgan fingerprint density at radius 1 is 1.15 bits per heavy atom. The summed E-state index contributed by atoms with van der Waals surface area (Å²) in [6, 6.07) is 7.28. The Balaban J connectivity index is 2.04. The molecule has 1 fully saturated rings. The summed E-state index contributed by atoms with van der Waals surface area (Å²) in [5.41, 5.74) is -0.359. The highest BCUT2D eigenvalue weighted by Crippen LogP contribution is 2.54. The van der Waals surface area contributed by atoms with E-state index in [0.717, 1.165) is 12.1 Å². The predicted molar refractivity (Wildman–Crippen MR) is 98.2 cm³/mol. The van der Waals surface area contributed by atoms with Gasteiger partial charge in [0.05, 0.1) is 10.5 Å². The molecule has 2 heterocycles. The molecule has 1 saturated heterocycles. The number of sulfone groups is 1. The number of ether oxygens (including phenoxy) is 1. The van der Waals surface area contributed by atoms with Crippen LogP contribution in [0.1, 0.15) is 18.4 Å². The van der Waals surface area contributed by atoms with Crippen molar-refractivity contribution in [2.24, 2.45) is 0 Å². The van der Waals surface area contributed by atoms with Crippen LogP contribution in [0.3, 0.4) is 0 Å². The summed E-state index contributed by atoms with van der Waals surface area (Å²) in [7, 11) is -4.22. The second-order valence-electron chi connectivity index (χ2n) is 6.57. The lowest BCUT2D eigenvalue weighted by atomic mass is 9.86. The van der Waals surface area contributed by atoms with Crippen molar-refractivity contribution >= 4 is 32.6 Å². The summed E-state index contributed by atoms with van der Waals surface area (Å²) in [5, 5.41) is -0.643. The van der Waals surface area contributed by atoms with E-state index in [4.69, 9.17) is 16.3 Å². The van der Waals surface area contributed by atoms with Gasteiger partial charge in [0.25, 0.3) is 0 Å². The van der Waals surface area contributed by atoms with Crippen LogP contribution in [0.2, 0.25) is 5.02 Å². The van der Waals surface area contributed by atoms with Gasteiger partial charge in [0, 0.05) is 5.02 Å². The van der Waals surface area contributed by atoms with Crippen molar-refractivity contribution in [2.45, 2.75) is 27.7 Å². The topological polar surface area (TPSA) is 66.4 Å². The zero-order valence-electron chi connectivity index (χ0n) is 14.0. The third-order valence-corrected chi connectivity index (χ3v) is 10.0. The Kier molecular flexibility index (Phi) is 4.65. The molecule has 1 unspecified atom stereocenters. The number of hydrogen-bond acceptors (Lipinski definition) is 4. The highest BCUT2D eigenvalue weighted by molar-refractivity contribution is 7.96. The fourth-order valence-corrected chi connectivity index (χ4v) is 8.61. The maximum absolute atomic E-state index is 14.9. The molecular formula is C18H15ClF2O4S2. The molecule has 3 atom stereocenters. The zero-order chi connectivity index (χ0) is 19.4. The lowest BCUT2D eigenvalue weighted by molar-refractivity contribution is 0.224. The molecule has 144 valence electrons. The third kappa shape index (κ3) is 2.68. The van der Waals surface area contributed by atoms with E-state index < -0.39 is 48.4 Å². The summed E-state index contributed by atoms with van der Waals surface area (Å²) in [4.78, 5) is -0.0766. The maximum atomic E-state index is 14.9. The van der Waals surface area contributed by atoms with Crippen molar-refractivity contribution < 1.29 is 26.5 Å². The van der Waals surface area contributed by atoms with Gasteiger partial charge in [-0.15, -0.1) is 0 Å². The van der Waals surface area contributed by atoms with Gasteiger partial charge >= 0.3 is 0 Å². The van der Waals surface area contributed by atoms with E-state index in [0.29, 0.717) is 11.4 Å². The minimum absolute atomic E-state index is 0.0328. The fraction of sp³-hybridized carbons (Fsp3) is 0.333. The Morgan fingerprint density at radius 2 is 1.81 bits per heavy atom. The summed E-state index contributed by atoms with van der Waals surface area (Å²) >= 11 is 4.30. The van der Waals surface area contributed by atoms with E-state index in [1.54, 1.807) is 0 Å². The molecule has 4 rings (SSSR count). The van der Waals surface area contributed by atoms with Gasteiger partial charge in [-0.3, -0.25) is 0 Å². The van der Waals surface area contributed by atoms with E-state index in [9.17, 15) is 21.8 Å². The highest BCUT2D eigenvalue weighted by atomic mass is 35.5. The first-order chi connectivity index (χ1) is 12.8. The van der Waals surface area contributed by atoms with E-state index in [1.165, 1.54) is 24.3 Å². The van der Waals surface area contributed by atoms with Crippen LogP contribution in [0.25, 0.3) is 0 Å². The van der Waals surface area contributed by atoms with Gasteiger partial charge in [-0.25, -0.2) is 17.2 Å². The number of fused-ring (bicyclic) bond motifs is 3. The molecule has 4 nitrogen and oxygen atoms in total. The SMILES string of the molecule is O=S(=O)(c1ccc(Cl)cc1)[C@@]12CCC[S+]([O-])[C@@H]1COc1c(F)ccc(F)c12. The molecule has 9 heteroatoms. The molecule has 0 bridgehead atoms. The third-order valence-electron chi connectivity index (χ3n) is 5.20. The lowest BCUT2D eigenvalue weighted by Crippen LogP contribution is -2.59. The standard InChI is InChI=1S/C18H15ClF2O4S2/c19-11-2-4-12(5-3-11)27(23,24)18-8-1-9-26(22)15(18)10-25-17-14(21)7-6-13(20)16(17)18/h2-7,15H,1,8-10H2/t15-,18+,26?/m1/s1. The van der Waals surface area contributed by atoms with Crippen molar-refractivity contribution in [1.82, 2.24) is 0 Å². The fourth-order valence-electron chi connectivity index (χ4n) is 3.98. The molecule has 0 radical (unpaired) electrons. The normalized spacial score (nSPS) is 27.4. The van der Waals surface area contributed by atoms with E-state index in [2.05, 4.69) is 0 Å². The van der Waals surface area contributed by atoms with Gasteiger partial charge in [-0.2, -0.15) is 0 Å². The van der Waals surface area contributed by atoms with Crippen LogP contribution < -0.4 is 4.74 Å². The average Bonchev–Trinajstić information content (AvgIpc) is 2.64. The van der Waals surface area contributed by atoms with Gasteiger partial charge in [-0.1, -0.05) is 11.6 Å². The summed E-state index contributed by atoms with van der Waals surface area (Å²) in [5.74, 6) is -1.85. The number of benzene rings is 2. The van der Waals surface area contributed by atoms with Gasteiger partial charge < -0.3 is 9.29 Å².